The first-order valence-corrected chi connectivity index (χ1v) is 15.2. The summed E-state index contributed by atoms with van der Waals surface area (Å²) >= 11 is 0. The number of carbonyl (C=O) groups is 2. The molecule has 222 valence electrons. The van der Waals surface area contributed by atoms with E-state index in [1.54, 1.807) is 54.6 Å². The molecule has 0 atom stereocenters. The maximum Gasteiger partial charge on any atom is 0.264 e. The number of anilines is 1. The zero-order chi connectivity index (χ0) is 30.7. The highest BCUT2D eigenvalue weighted by Crippen LogP contribution is 2.24. The van der Waals surface area contributed by atoms with Crippen molar-refractivity contribution >= 4 is 33.7 Å². The molecule has 4 rings (SSSR count). The van der Waals surface area contributed by atoms with Gasteiger partial charge in [-0.25, -0.2) is 13.8 Å². The van der Waals surface area contributed by atoms with Crippen LogP contribution in [0.25, 0.3) is 0 Å². The molecular weight excluding hydrogens is 564 g/mol. The predicted molar refractivity (Wildman–Crippen MR) is 168 cm³/mol. The molecule has 0 aliphatic carbocycles. The minimum absolute atomic E-state index is 0.0860. The summed E-state index contributed by atoms with van der Waals surface area (Å²) in [7, 11) is -4.02. The summed E-state index contributed by atoms with van der Waals surface area (Å²) in [6.45, 7) is 3.67. The molecule has 0 aliphatic heterocycles. The fourth-order valence-electron chi connectivity index (χ4n) is 4.12. The average molecular weight is 599 g/mol. The Labute approximate surface area is 252 Å². The summed E-state index contributed by atoms with van der Waals surface area (Å²) in [5.74, 6) is -0.311. The number of carbonyl (C=O) groups excluding carboxylic acids is 2. The largest absolute Gasteiger partial charge is 0.484 e. The molecular formula is C33H34N4O5S. The molecule has 0 radical (unpaired) electrons. The van der Waals surface area contributed by atoms with Gasteiger partial charge in [0.05, 0.1) is 16.8 Å². The van der Waals surface area contributed by atoms with Crippen molar-refractivity contribution in [2.24, 2.45) is 5.10 Å². The van der Waals surface area contributed by atoms with Gasteiger partial charge in [0.25, 0.3) is 21.8 Å². The van der Waals surface area contributed by atoms with E-state index in [2.05, 4.69) is 15.8 Å². The predicted octanol–water partition coefficient (Wildman–Crippen LogP) is 4.39. The maximum atomic E-state index is 13.5. The number of nitrogens with zero attached hydrogens (tertiary/aromatic N) is 2. The van der Waals surface area contributed by atoms with Crippen LogP contribution in [-0.4, -0.2) is 46.1 Å². The lowest BCUT2D eigenvalue weighted by molar-refractivity contribution is -0.123. The van der Waals surface area contributed by atoms with Crippen molar-refractivity contribution in [1.29, 1.82) is 0 Å². The van der Waals surface area contributed by atoms with Gasteiger partial charge >= 0.3 is 0 Å². The molecule has 0 saturated carbocycles. The zero-order valence-electron chi connectivity index (χ0n) is 24.1. The third kappa shape index (κ3) is 9.27. The van der Waals surface area contributed by atoms with E-state index in [0.29, 0.717) is 23.5 Å². The van der Waals surface area contributed by atoms with Gasteiger partial charge < -0.3 is 10.1 Å². The number of rotatable bonds is 13. The normalized spacial score (nSPS) is 11.2. The lowest BCUT2D eigenvalue weighted by Gasteiger charge is -2.24. The van der Waals surface area contributed by atoms with Gasteiger partial charge in [-0.15, -0.1) is 0 Å². The van der Waals surface area contributed by atoms with Crippen LogP contribution in [0.2, 0.25) is 0 Å². The lowest BCUT2D eigenvalue weighted by atomic mass is 10.1. The Kier molecular flexibility index (Phi) is 10.7. The second-order valence-corrected chi connectivity index (χ2v) is 11.8. The van der Waals surface area contributed by atoms with Gasteiger partial charge in [-0.2, -0.15) is 5.10 Å². The summed E-state index contributed by atoms with van der Waals surface area (Å²) in [5.41, 5.74) is 6.38. The molecule has 0 heterocycles. The van der Waals surface area contributed by atoms with Crippen molar-refractivity contribution < 1.29 is 22.7 Å². The Morgan fingerprint density at radius 2 is 1.56 bits per heavy atom. The minimum atomic E-state index is -4.02. The zero-order valence-corrected chi connectivity index (χ0v) is 24.9. The first-order valence-electron chi connectivity index (χ1n) is 13.7. The number of aryl methyl sites for hydroxylation is 2. The highest BCUT2D eigenvalue weighted by atomic mass is 32.2. The Hall–Kier alpha value is -4.96. The van der Waals surface area contributed by atoms with Crippen molar-refractivity contribution in [3.05, 3.63) is 125 Å². The average Bonchev–Trinajstić information content (AvgIpc) is 3.00. The fourth-order valence-corrected chi connectivity index (χ4v) is 5.53. The van der Waals surface area contributed by atoms with E-state index in [4.69, 9.17) is 4.74 Å². The number of hydrogen-bond acceptors (Lipinski definition) is 6. The number of sulfonamides is 1. The van der Waals surface area contributed by atoms with Crippen LogP contribution in [0.4, 0.5) is 5.69 Å². The fraction of sp³-hybridized carbons (Fsp3) is 0.182. The van der Waals surface area contributed by atoms with Gasteiger partial charge in [0.2, 0.25) is 0 Å². The highest BCUT2D eigenvalue weighted by Gasteiger charge is 2.27. The topological polar surface area (TPSA) is 117 Å². The number of benzene rings is 4. The summed E-state index contributed by atoms with van der Waals surface area (Å²) < 4.78 is 33.6. The van der Waals surface area contributed by atoms with Crippen LogP contribution >= 0.6 is 0 Å². The molecule has 0 bridgehead atoms. The molecule has 10 heteroatoms. The quantitative estimate of drug-likeness (QED) is 0.175. The smallest absolute Gasteiger partial charge is 0.264 e. The lowest BCUT2D eigenvalue weighted by Crippen LogP contribution is -2.39. The number of nitrogens with one attached hydrogen (secondary N) is 2. The third-order valence-electron chi connectivity index (χ3n) is 6.42. The molecule has 43 heavy (non-hydrogen) atoms. The molecule has 0 spiro atoms. The molecule has 4 aromatic rings. The van der Waals surface area contributed by atoms with Crippen LogP contribution in [0.15, 0.2) is 113 Å². The number of amides is 2. The van der Waals surface area contributed by atoms with Gasteiger partial charge in [0.1, 0.15) is 12.3 Å². The summed E-state index contributed by atoms with van der Waals surface area (Å²) in [6, 6.07) is 30.1. The molecule has 0 saturated heterocycles. The second kappa shape index (κ2) is 14.8. The minimum Gasteiger partial charge on any atom is -0.484 e. The molecule has 2 amide bonds. The number of ether oxygens (including phenoxy) is 1. The molecule has 0 fully saturated rings. The Morgan fingerprint density at radius 1 is 0.837 bits per heavy atom. The molecule has 0 aliphatic rings. The highest BCUT2D eigenvalue weighted by molar-refractivity contribution is 7.92. The van der Waals surface area contributed by atoms with E-state index >= 15 is 0 Å². The van der Waals surface area contributed by atoms with Crippen LogP contribution in [-0.2, 0) is 26.0 Å². The van der Waals surface area contributed by atoms with E-state index in [1.807, 2.05) is 50.2 Å². The van der Waals surface area contributed by atoms with Crippen molar-refractivity contribution in [3.63, 3.8) is 0 Å². The van der Waals surface area contributed by atoms with E-state index in [1.165, 1.54) is 18.3 Å². The third-order valence-corrected chi connectivity index (χ3v) is 8.21. The Bertz CT molecular complexity index is 1660. The summed E-state index contributed by atoms with van der Waals surface area (Å²) in [6.07, 6.45) is 2.17. The molecule has 2 N–H and O–H groups in total. The van der Waals surface area contributed by atoms with E-state index in [9.17, 15) is 18.0 Å². The monoisotopic (exact) mass is 598 g/mol. The Balaban J connectivity index is 1.30. The summed E-state index contributed by atoms with van der Waals surface area (Å²) in [4.78, 5) is 25.0. The number of hydrazone groups is 1. The number of hydrogen-bond donors (Lipinski definition) is 2. The van der Waals surface area contributed by atoms with Crippen molar-refractivity contribution in [1.82, 2.24) is 10.7 Å². The van der Waals surface area contributed by atoms with Crippen LogP contribution in [0, 0.1) is 13.8 Å². The van der Waals surface area contributed by atoms with E-state index in [-0.39, 0.29) is 17.4 Å². The molecule has 4 aromatic carbocycles. The first kappa shape index (κ1) is 31.0. The molecule has 9 nitrogen and oxygen atoms in total. The van der Waals surface area contributed by atoms with Crippen LogP contribution in [0.1, 0.15) is 22.3 Å². The van der Waals surface area contributed by atoms with Crippen molar-refractivity contribution in [2.75, 3.05) is 24.0 Å². The van der Waals surface area contributed by atoms with Crippen molar-refractivity contribution in [3.8, 4) is 5.75 Å². The second-order valence-electron chi connectivity index (χ2n) is 9.90. The van der Waals surface area contributed by atoms with E-state index in [0.717, 1.165) is 27.4 Å². The maximum absolute atomic E-state index is 13.5. The van der Waals surface area contributed by atoms with Crippen LogP contribution < -0.4 is 19.8 Å². The van der Waals surface area contributed by atoms with Gasteiger partial charge in [0, 0.05) is 6.54 Å². The van der Waals surface area contributed by atoms with Crippen molar-refractivity contribution in [2.45, 2.75) is 25.2 Å². The van der Waals surface area contributed by atoms with Gasteiger partial charge in [0.15, 0.2) is 6.61 Å². The van der Waals surface area contributed by atoms with Gasteiger partial charge in [-0.3, -0.25) is 13.9 Å². The van der Waals surface area contributed by atoms with Gasteiger partial charge in [-0.05, 0) is 85.5 Å². The molecule has 0 aromatic heterocycles. The molecule has 0 unspecified atom stereocenters. The van der Waals surface area contributed by atoms with Gasteiger partial charge in [-0.1, -0.05) is 60.2 Å². The first-order chi connectivity index (χ1) is 20.7. The van der Waals surface area contributed by atoms with E-state index < -0.39 is 22.5 Å². The summed E-state index contributed by atoms with van der Waals surface area (Å²) in [5, 5.41) is 6.82. The Morgan fingerprint density at radius 3 is 2.26 bits per heavy atom. The van der Waals surface area contributed by atoms with Crippen LogP contribution in [0.3, 0.4) is 0 Å². The SMILES string of the molecule is Cc1ccc(S(=O)(=O)N(CC(=O)N/N=C/c2ccc(OCC(=O)NCCc3ccccc3)cc2)c2cccc(C)c2)cc1. The standard InChI is InChI=1S/C33H34N4O5S/c1-25-11-17-31(18-12-25)43(40,41)37(29-10-6-7-26(2)21-29)23-32(38)36-35-22-28-13-15-30(16-14-28)42-24-33(39)34-20-19-27-8-4-3-5-9-27/h3-18,21-22H,19-20,23-24H2,1-2H3,(H,34,39)(H,36,38)/b35-22+. The van der Waals surface area contributed by atoms with Crippen LogP contribution in [0.5, 0.6) is 5.75 Å².